The molecular weight excluding hydrogens is 360 g/mol. The van der Waals surface area contributed by atoms with Gasteiger partial charge in [0, 0.05) is 30.6 Å². The van der Waals surface area contributed by atoms with E-state index in [1.807, 2.05) is 20.8 Å². The third-order valence-electron chi connectivity index (χ3n) is 3.54. The van der Waals surface area contributed by atoms with Crippen molar-refractivity contribution in [3.63, 3.8) is 0 Å². The van der Waals surface area contributed by atoms with Crippen molar-refractivity contribution in [1.82, 2.24) is 10.2 Å². The van der Waals surface area contributed by atoms with Gasteiger partial charge in [-0.25, -0.2) is 9.59 Å². The van der Waals surface area contributed by atoms with Crippen LogP contribution in [-0.4, -0.2) is 55.5 Å². The van der Waals surface area contributed by atoms with Gasteiger partial charge in [-0.2, -0.15) is 0 Å². The molecule has 0 radical (unpaired) electrons. The average molecular weight is 385 g/mol. The second kappa shape index (κ2) is 8.98. The first kappa shape index (κ1) is 20.2. The van der Waals surface area contributed by atoms with Crippen LogP contribution < -0.4 is 10.1 Å². The Morgan fingerprint density at radius 3 is 2.46 bits per heavy atom. The minimum absolute atomic E-state index is 0.165. The molecule has 1 heterocycles. The highest BCUT2D eigenvalue weighted by atomic mass is 35.5. The molecule has 2 rings (SSSR count). The first-order valence-corrected chi connectivity index (χ1v) is 8.87. The molecule has 144 valence electrons. The largest absolute Gasteiger partial charge is 0.490 e. The molecule has 8 heteroatoms. The summed E-state index contributed by atoms with van der Waals surface area (Å²) in [5.74, 6) is 0.878. The molecule has 1 fully saturated rings. The summed E-state index contributed by atoms with van der Waals surface area (Å²) in [4.78, 5) is 25.0. The van der Waals surface area contributed by atoms with Gasteiger partial charge in [0.1, 0.15) is 24.6 Å². The van der Waals surface area contributed by atoms with Crippen molar-refractivity contribution in [2.24, 2.45) is 5.92 Å². The summed E-state index contributed by atoms with van der Waals surface area (Å²) in [7, 11) is 0. The van der Waals surface area contributed by atoms with E-state index in [2.05, 4.69) is 5.32 Å². The summed E-state index contributed by atoms with van der Waals surface area (Å²) >= 11 is 5.79. The maximum atomic E-state index is 11.9. The molecule has 1 aromatic carbocycles. The fourth-order valence-electron chi connectivity index (χ4n) is 2.30. The van der Waals surface area contributed by atoms with Gasteiger partial charge >= 0.3 is 12.2 Å². The zero-order valence-corrected chi connectivity index (χ0v) is 16.0. The summed E-state index contributed by atoms with van der Waals surface area (Å²) in [6, 6.07) is 6.96. The minimum atomic E-state index is -0.520. The number of hydrogen-bond acceptors (Lipinski definition) is 5. The smallest absolute Gasteiger partial charge is 0.409 e. The minimum Gasteiger partial charge on any atom is -0.490 e. The first-order valence-electron chi connectivity index (χ1n) is 8.50. The zero-order chi connectivity index (χ0) is 19.2. The number of nitrogens with one attached hydrogen (secondary N) is 1. The second-order valence-electron chi connectivity index (χ2n) is 7.07. The van der Waals surface area contributed by atoms with Crippen molar-refractivity contribution < 1.29 is 23.8 Å². The van der Waals surface area contributed by atoms with E-state index in [9.17, 15) is 9.59 Å². The van der Waals surface area contributed by atoms with Crippen molar-refractivity contribution in [2.75, 3.05) is 32.8 Å². The SMILES string of the molecule is CC(C)(C)OC(=O)NCC1CN(C(=O)OCCOc2ccc(Cl)cc2)C1. The van der Waals surface area contributed by atoms with Crippen LogP contribution in [0.2, 0.25) is 5.02 Å². The fourth-order valence-corrected chi connectivity index (χ4v) is 2.43. The van der Waals surface area contributed by atoms with E-state index in [-0.39, 0.29) is 25.2 Å². The monoisotopic (exact) mass is 384 g/mol. The lowest BCUT2D eigenvalue weighted by molar-refractivity contribution is 0.0384. The lowest BCUT2D eigenvalue weighted by atomic mass is 10.0. The summed E-state index contributed by atoms with van der Waals surface area (Å²) in [6.07, 6.45) is -0.823. The van der Waals surface area contributed by atoms with Crippen molar-refractivity contribution >= 4 is 23.8 Å². The number of alkyl carbamates (subject to hydrolysis) is 1. The Balaban J connectivity index is 1.54. The Kier molecular flexibility index (Phi) is 6.97. The summed E-state index contributed by atoms with van der Waals surface area (Å²) in [5, 5.41) is 3.34. The Morgan fingerprint density at radius 1 is 1.19 bits per heavy atom. The highest BCUT2D eigenvalue weighted by molar-refractivity contribution is 6.30. The Labute approximate surface area is 158 Å². The van der Waals surface area contributed by atoms with Crippen LogP contribution in [0.3, 0.4) is 0 Å². The second-order valence-corrected chi connectivity index (χ2v) is 7.51. The summed E-state index contributed by atoms with van der Waals surface area (Å²) in [5.41, 5.74) is -0.520. The molecule has 26 heavy (non-hydrogen) atoms. The van der Waals surface area contributed by atoms with Crippen LogP contribution >= 0.6 is 11.6 Å². The van der Waals surface area contributed by atoms with Gasteiger partial charge in [0.05, 0.1) is 0 Å². The molecule has 0 spiro atoms. The van der Waals surface area contributed by atoms with E-state index in [0.717, 1.165) is 0 Å². The molecule has 0 unspecified atom stereocenters. The highest BCUT2D eigenvalue weighted by Gasteiger charge is 2.32. The van der Waals surface area contributed by atoms with E-state index in [1.54, 1.807) is 29.2 Å². The maximum Gasteiger partial charge on any atom is 0.409 e. The third kappa shape index (κ3) is 7.00. The molecule has 1 N–H and O–H groups in total. The van der Waals surface area contributed by atoms with E-state index in [0.29, 0.717) is 30.4 Å². The van der Waals surface area contributed by atoms with Gasteiger partial charge in [0.25, 0.3) is 0 Å². The molecule has 1 aromatic rings. The number of benzene rings is 1. The third-order valence-corrected chi connectivity index (χ3v) is 3.79. The molecule has 7 nitrogen and oxygen atoms in total. The lowest BCUT2D eigenvalue weighted by Crippen LogP contribution is -2.54. The van der Waals surface area contributed by atoms with E-state index in [4.69, 9.17) is 25.8 Å². The molecule has 0 saturated carbocycles. The number of carbonyl (C=O) groups excluding carboxylic acids is 2. The number of hydrogen-bond donors (Lipinski definition) is 1. The quantitative estimate of drug-likeness (QED) is 0.761. The van der Waals surface area contributed by atoms with Crippen molar-refractivity contribution in [1.29, 1.82) is 0 Å². The van der Waals surface area contributed by atoms with Crippen molar-refractivity contribution in [2.45, 2.75) is 26.4 Å². The molecule has 1 aliphatic heterocycles. The van der Waals surface area contributed by atoms with Gasteiger partial charge in [-0.3, -0.25) is 0 Å². The number of nitrogens with zero attached hydrogens (tertiary/aromatic N) is 1. The first-order chi connectivity index (χ1) is 12.2. The van der Waals surface area contributed by atoms with Crippen LogP contribution in [0, 0.1) is 5.92 Å². The molecular formula is C18H25ClN2O5. The number of amides is 2. The van der Waals surface area contributed by atoms with Gasteiger partial charge in [-0.15, -0.1) is 0 Å². The van der Waals surface area contributed by atoms with Gasteiger partial charge in [-0.1, -0.05) is 11.6 Å². The zero-order valence-electron chi connectivity index (χ0n) is 15.3. The van der Waals surface area contributed by atoms with Crippen LogP contribution in [0.1, 0.15) is 20.8 Å². The maximum absolute atomic E-state index is 11.9. The molecule has 0 bridgehead atoms. The molecule has 0 aliphatic carbocycles. The number of carbonyl (C=O) groups is 2. The summed E-state index contributed by atoms with van der Waals surface area (Å²) < 4.78 is 15.8. The van der Waals surface area contributed by atoms with E-state index < -0.39 is 11.7 Å². The predicted molar refractivity (Wildman–Crippen MR) is 97.6 cm³/mol. The van der Waals surface area contributed by atoms with Crippen LogP contribution in [0.15, 0.2) is 24.3 Å². The topological polar surface area (TPSA) is 77.1 Å². The average Bonchev–Trinajstić information content (AvgIpc) is 2.50. The Morgan fingerprint density at radius 2 is 1.85 bits per heavy atom. The highest BCUT2D eigenvalue weighted by Crippen LogP contribution is 2.17. The van der Waals surface area contributed by atoms with Gasteiger partial charge in [0.15, 0.2) is 0 Å². The number of ether oxygens (including phenoxy) is 3. The Bertz CT molecular complexity index is 609. The molecule has 1 saturated heterocycles. The summed E-state index contributed by atoms with van der Waals surface area (Å²) in [6.45, 7) is 7.43. The molecule has 1 aliphatic rings. The lowest BCUT2D eigenvalue weighted by Gasteiger charge is -2.38. The fraction of sp³-hybridized carbons (Fsp3) is 0.556. The molecule has 0 aromatic heterocycles. The van der Waals surface area contributed by atoms with Crippen LogP contribution in [0.5, 0.6) is 5.75 Å². The van der Waals surface area contributed by atoms with Crippen molar-refractivity contribution in [3.8, 4) is 5.75 Å². The van der Waals surface area contributed by atoms with Gasteiger partial charge < -0.3 is 24.4 Å². The number of halogens is 1. The Hall–Kier alpha value is -2.15. The standard InChI is InChI=1S/C18H25ClN2O5/c1-18(2,3)26-16(22)20-10-13-11-21(12-13)17(23)25-9-8-24-15-6-4-14(19)5-7-15/h4-7,13H,8-12H2,1-3H3,(H,20,22). The predicted octanol–water partition coefficient (Wildman–Crippen LogP) is 3.31. The van der Waals surface area contributed by atoms with Gasteiger partial charge in [0.2, 0.25) is 0 Å². The number of rotatable bonds is 6. The van der Waals surface area contributed by atoms with Gasteiger partial charge in [-0.05, 0) is 45.0 Å². The van der Waals surface area contributed by atoms with E-state index >= 15 is 0 Å². The van der Waals surface area contributed by atoms with Crippen LogP contribution in [0.4, 0.5) is 9.59 Å². The molecule has 0 atom stereocenters. The number of likely N-dealkylation sites (tertiary alicyclic amines) is 1. The normalized spacial score (nSPS) is 14.4. The van der Waals surface area contributed by atoms with Crippen LogP contribution in [0.25, 0.3) is 0 Å². The van der Waals surface area contributed by atoms with Crippen molar-refractivity contribution in [3.05, 3.63) is 29.3 Å². The van der Waals surface area contributed by atoms with Crippen LogP contribution in [-0.2, 0) is 9.47 Å². The van der Waals surface area contributed by atoms with E-state index in [1.165, 1.54) is 0 Å². The molecule has 2 amide bonds.